The van der Waals surface area contributed by atoms with Gasteiger partial charge in [0.25, 0.3) is 0 Å². The van der Waals surface area contributed by atoms with Crippen molar-refractivity contribution < 1.29 is 19.6 Å². The highest BCUT2D eigenvalue weighted by Gasteiger charge is 2.14. The molecule has 0 radical (unpaired) electrons. The molecular formula is C12H9BN2O2. The SMILES string of the molecule is [2H]c1nc2c(c([2H])c1[2H])c([2H])c([2H])c1c([2H])c([2H])c(B(O)O)nc12. The average molecular weight is 231 g/mol. The molecule has 3 aromatic rings. The Kier molecular flexibility index (Phi) is 1.14. The van der Waals surface area contributed by atoms with Gasteiger partial charge in [0.15, 0.2) is 0 Å². The van der Waals surface area contributed by atoms with Gasteiger partial charge in [-0.05, 0) is 12.1 Å². The molecule has 2 aromatic heterocycles. The second kappa shape index (κ2) is 3.80. The molecule has 5 heteroatoms. The second-order valence-electron chi connectivity index (χ2n) is 3.29. The molecular weight excluding hydrogens is 215 g/mol. The minimum atomic E-state index is -2.13. The lowest BCUT2D eigenvalue weighted by atomic mass is 9.85. The van der Waals surface area contributed by atoms with Gasteiger partial charge in [-0.2, -0.15) is 0 Å². The van der Waals surface area contributed by atoms with Crippen LogP contribution in [-0.4, -0.2) is 27.1 Å². The Labute approximate surface area is 108 Å². The van der Waals surface area contributed by atoms with Gasteiger partial charge in [0.05, 0.1) is 26.2 Å². The van der Waals surface area contributed by atoms with Gasteiger partial charge in [0, 0.05) is 16.9 Å². The number of hydrogen-bond acceptors (Lipinski definition) is 4. The van der Waals surface area contributed by atoms with E-state index in [1.165, 1.54) is 0 Å². The molecule has 0 unspecified atom stereocenters. The number of aromatic nitrogens is 2. The molecule has 0 aliphatic rings. The summed E-state index contributed by atoms with van der Waals surface area (Å²) in [5, 5.41) is 18.3. The van der Waals surface area contributed by atoms with Crippen molar-refractivity contribution in [1.29, 1.82) is 0 Å². The van der Waals surface area contributed by atoms with E-state index in [0.717, 1.165) is 0 Å². The fraction of sp³-hybridized carbons (Fsp3) is 0. The maximum atomic E-state index is 9.32. The topological polar surface area (TPSA) is 66.2 Å². The summed E-state index contributed by atoms with van der Waals surface area (Å²) >= 11 is 0. The summed E-state index contributed by atoms with van der Waals surface area (Å²) in [6.07, 6.45) is -0.541. The number of nitrogens with zero attached hydrogens (tertiary/aromatic N) is 2. The van der Waals surface area contributed by atoms with Crippen LogP contribution in [0.15, 0.2) is 42.4 Å². The van der Waals surface area contributed by atoms with E-state index in [4.69, 9.17) is 9.60 Å². The third kappa shape index (κ3) is 1.65. The number of rotatable bonds is 1. The minimum Gasteiger partial charge on any atom is -0.422 e. The maximum Gasteiger partial charge on any atom is 0.508 e. The number of fused-ring (bicyclic) bond motifs is 3. The Hall–Kier alpha value is -1.98. The molecule has 0 fully saturated rings. The first-order valence-electron chi connectivity index (χ1n) is 8.20. The molecule has 1 aromatic carbocycles. The van der Waals surface area contributed by atoms with Crippen molar-refractivity contribution in [2.24, 2.45) is 0 Å². The van der Waals surface area contributed by atoms with Crippen LogP contribution in [0.3, 0.4) is 0 Å². The predicted molar refractivity (Wildman–Crippen MR) is 66.9 cm³/mol. The maximum absolute atomic E-state index is 9.32. The van der Waals surface area contributed by atoms with Gasteiger partial charge in [-0.15, -0.1) is 0 Å². The zero-order chi connectivity index (χ0) is 17.9. The summed E-state index contributed by atoms with van der Waals surface area (Å²) in [5.41, 5.74) is -0.870. The molecule has 0 spiro atoms. The Morgan fingerprint density at radius 3 is 2.47 bits per heavy atom. The van der Waals surface area contributed by atoms with E-state index in [-0.39, 0.29) is 21.8 Å². The van der Waals surface area contributed by atoms with E-state index in [1.54, 1.807) is 0 Å². The molecule has 2 heterocycles. The van der Waals surface area contributed by atoms with Crippen molar-refractivity contribution >= 4 is 34.5 Å². The third-order valence-electron chi connectivity index (χ3n) is 2.21. The molecule has 3 rings (SSSR count). The highest BCUT2D eigenvalue weighted by atomic mass is 16.4. The third-order valence-corrected chi connectivity index (χ3v) is 2.21. The van der Waals surface area contributed by atoms with E-state index < -0.39 is 55.1 Å². The van der Waals surface area contributed by atoms with Gasteiger partial charge in [0.2, 0.25) is 0 Å². The molecule has 0 aliphatic heterocycles. The molecule has 0 amide bonds. The molecule has 82 valence electrons. The lowest BCUT2D eigenvalue weighted by molar-refractivity contribution is 0.424. The largest absolute Gasteiger partial charge is 0.508 e. The normalized spacial score (nSPS) is 16.7. The first-order valence-corrected chi connectivity index (χ1v) is 4.70. The standard InChI is InChI=1S/C12H9BN2O2/c16-13(17)10-6-5-9-4-3-8-2-1-7-14-11(8)12(9)15-10/h1-7,16-17H/i1D,2D,3D,4D,5D,6D,7D. The summed E-state index contributed by atoms with van der Waals surface area (Å²) in [6.45, 7) is 0. The summed E-state index contributed by atoms with van der Waals surface area (Å²) in [7, 11) is -2.13. The molecule has 0 atom stereocenters. The van der Waals surface area contributed by atoms with Gasteiger partial charge in [-0.25, -0.2) is 0 Å². The monoisotopic (exact) mass is 231 g/mol. The number of pyridine rings is 2. The lowest BCUT2D eigenvalue weighted by Crippen LogP contribution is -2.32. The summed E-state index contributed by atoms with van der Waals surface area (Å²) in [6, 6.07) is -3.05. The molecule has 17 heavy (non-hydrogen) atoms. The van der Waals surface area contributed by atoms with Gasteiger partial charge < -0.3 is 10.0 Å². The Morgan fingerprint density at radius 2 is 1.71 bits per heavy atom. The van der Waals surface area contributed by atoms with Crippen molar-refractivity contribution in [3.63, 3.8) is 0 Å². The number of hydrogen-bond donors (Lipinski definition) is 2. The van der Waals surface area contributed by atoms with Crippen LogP contribution in [0.1, 0.15) is 9.60 Å². The fourth-order valence-electron chi connectivity index (χ4n) is 1.45. The van der Waals surface area contributed by atoms with Crippen LogP contribution < -0.4 is 5.59 Å². The van der Waals surface area contributed by atoms with Gasteiger partial charge >= 0.3 is 7.12 Å². The van der Waals surface area contributed by atoms with Crippen LogP contribution in [-0.2, 0) is 0 Å². The Morgan fingerprint density at radius 1 is 1.00 bits per heavy atom. The predicted octanol–water partition coefficient (Wildman–Crippen LogP) is 0.463. The van der Waals surface area contributed by atoms with Gasteiger partial charge in [-0.1, -0.05) is 24.2 Å². The van der Waals surface area contributed by atoms with Crippen LogP contribution in [0.5, 0.6) is 0 Å². The smallest absolute Gasteiger partial charge is 0.422 e. The van der Waals surface area contributed by atoms with Gasteiger partial charge in [0.1, 0.15) is 0 Å². The van der Waals surface area contributed by atoms with Crippen molar-refractivity contribution in [3.8, 4) is 0 Å². The van der Waals surface area contributed by atoms with Crippen LogP contribution in [0, 0.1) is 0 Å². The van der Waals surface area contributed by atoms with Crippen LogP contribution >= 0.6 is 0 Å². The van der Waals surface area contributed by atoms with Crippen LogP contribution in [0.2, 0.25) is 0 Å². The van der Waals surface area contributed by atoms with Crippen LogP contribution in [0.4, 0.5) is 0 Å². The first-order chi connectivity index (χ1) is 11.2. The van der Waals surface area contributed by atoms with E-state index in [1.807, 2.05) is 0 Å². The molecule has 2 N–H and O–H groups in total. The average Bonchev–Trinajstić information content (AvgIpc) is 2.52. The molecule has 0 bridgehead atoms. The lowest BCUT2D eigenvalue weighted by Gasteiger charge is -2.04. The van der Waals surface area contributed by atoms with Crippen molar-refractivity contribution in [2.45, 2.75) is 0 Å². The van der Waals surface area contributed by atoms with Crippen molar-refractivity contribution in [1.82, 2.24) is 9.97 Å². The highest BCUT2D eigenvalue weighted by Crippen LogP contribution is 2.20. The van der Waals surface area contributed by atoms with E-state index in [2.05, 4.69) is 9.97 Å². The van der Waals surface area contributed by atoms with Crippen molar-refractivity contribution in [3.05, 3.63) is 42.4 Å². The second-order valence-corrected chi connectivity index (χ2v) is 3.29. The van der Waals surface area contributed by atoms with E-state index >= 15 is 0 Å². The Balaban J connectivity index is 2.69. The quantitative estimate of drug-likeness (QED) is 0.471. The zero-order valence-corrected chi connectivity index (χ0v) is 8.37. The van der Waals surface area contributed by atoms with Gasteiger partial charge in [-0.3, -0.25) is 9.97 Å². The summed E-state index contributed by atoms with van der Waals surface area (Å²) in [5.74, 6) is 0. The molecule has 0 saturated carbocycles. The van der Waals surface area contributed by atoms with Crippen LogP contribution in [0.25, 0.3) is 21.8 Å². The number of benzene rings is 1. The Bertz CT molecular complexity index is 1030. The highest BCUT2D eigenvalue weighted by molar-refractivity contribution is 6.57. The summed E-state index contributed by atoms with van der Waals surface area (Å²) in [4.78, 5) is 7.70. The molecule has 0 saturated heterocycles. The van der Waals surface area contributed by atoms with E-state index in [9.17, 15) is 10.0 Å². The molecule has 4 nitrogen and oxygen atoms in total. The molecule has 0 aliphatic carbocycles. The van der Waals surface area contributed by atoms with Crippen molar-refractivity contribution in [2.75, 3.05) is 0 Å². The minimum absolute atomic E-state index is 0.160. The zero-order valence-electron chi connectivity index (χ0n) is 15.4. The van der Waals surface area contributed by atoms with E-state index in [0.29, 0.717) is 0 Å². The summed E-state index contributed by atoms with van der Waals surface area (Å²) < 4.78 is 55.0. The fourth-order valence-corrected chi connectivity index (χ4v) is 1.45. The first kappa shape index (κ1) is 5.12.